The van der Waals surface area contributed by atoms with Gasteiger partial charge in [-0.25, -0.2) is 0 Å². The van der Waals surface area contributed by atoms with Gasteiger partial charge in [0.15, 0.2) is 0 Å². The minimum atomic E-state index is 0. The molecule has 0 saturated heterocycles. The topological polar surface area (TPSA) is 38.4 Å². The lowest BCUT2D eigenvalue weighted by Gasteiger charge is -2.15. The van der Waals surface area contributed by atoms with E-state index in [0.717, 1.165) is 6.54 Å². The lowest BCUT2D eigenvalue weighted by atomic mass is 9.97. The van der Waals surface area contributed by atoms with Crippen LogP contribution < -0.4 is 5.73 Å². The molecule has 0 heterocycles. The minimum Gasteiger partial charge on any atom is -0.387 e. The van der Waals surface area contributed by atoms with E-state index in [9.17, 15) is 0 Å². The van der Waals surface area contributed by atoms with Crippen LogP contribution in [-0.2, 0) is 0 Å². The van der Waals surface area contributed by atoms with E-state index in [1.54, 1.807) is 0 Å². The number of aliphatic imine (C=N–C) groups is 1. The van der Waals surface area contributed by atoms with Crippen molar-refractivity contribution in [2.45, 2.75) is 32.9 Å². The first kappa shape index (κ1) is 14.6. The van der Waals surface area contributed by atoms with Crippen LogP contribution in [0.5, 0.6) is 0 Å². The monoisotopic (exact) mass is 210 g/mol. The van der Waals surface area contributed by atoms with E-state index < -0.39 is 0 Å². The highest BCUT2D eigenvalue weighted by Gasteiger charge is 2.09. The van der Waals surface area contributed by atoms with Crippen LogP contribution >= 0.6 is 25.0 Å². The molecular weight excluding hydrogens is 192 g/mol. The summed E-state index contributed by atoms with van der Waals surface area (Å²) in [6, 6.07) is 0. The van der Waals surface area contributed by atoms with Gasteiger partial charge in [0.25, 0.3) is 0 Å². The van der Waals surface area contributed by atoms with E-state index in [1.807, 2.05) is 6.92 Å². The molecule has 12 heavy (non-hydrogen) atoms. The second kappa shape index (κ2) is 5.70. The molecule has 0 amide bonds. The molecule has 0 aromatic carbocycles. The Morgan fingerprint density at radius 1 is 1.50 bits per heavy atom. The lowest BCUT2D eigenvalue weighted by Crippen LogP contribution is -2.24. The van der Waals surface area contributed by atoms with Gasteiger partial charge >= 0.3 is 0 Å². The summed E-state index contributed by atoms with van der Waals surface area (Å²) in [5.41, 5.74) is 5.81. The Balaban J connectivity index is 0. The summed E-state index contributed by atoms with van der Waals surface area (Å²) in [5, 5.41) is 0.0670. The molecule has 0 fully saturated rings. The summed E-state index contributed by atoms with van der Waals surface area (Å²) in [6.07, 6.45) is 0. The van der Waals surface area contributed by atoms with Crippen LogP contribution in [0, 0.1) is 5.41 Å². The molecule has 0 bridgehead atoms. The average Bonchev–Trinajstić information content (AvgIpc) is 1.80. The fourth-order valence-corrected chi connectivity index (χ4v) is 0.542. The maximum Gasteiger partial charge on any atom is 0.106 e. The SMILES string of the molecule is CC(S)C(N)=NCC(C)(C)C.Cl. The zero-order valence-electron chi connectivity index (χ0n) is 8.16. The van der Waals surface area contributed by atoms with Crippen LogP contribution in [0.4, 0.5) is 0 Å². The van der Waals surface area contributed by atoms with E-state index in [0.29, 0.717) is 5.84 Å². The van der Waals surface area contributed by atoms with E-state index in [4.69, 9.17) is 5.73 Å². The quantitative estimate of drug-likeness (QED) is 0.409. The normalized spacial score (nSPS) is 15.2. The number of nitrogens with two attached hydrogens (primary N) is 1. The molecule has 0 aliphatic carbocycles. The van der Waals surface area contributed by atoms with Gasteiger partial charge in [0.2, 0.25) is 0 Å². The van der Waals surface area contributed by atoms with Crippen molar-refractivity contribution in [2.24, 2.45) is 16.1 Å². The molecule has 0 saturated carbocycles. The standard InChI is InChI=1S/C8H18N2S.ClH/c1-6(11)7(9)10-5-8(2,3)4;/h6,11H,5H2,1-4H3,(H2,9,10);1H. The first-order valence-electron chi connectivity index (χ1n) is 3.81. The maximum atomic E-state index is 5.60. The molecule has 2 N–H and O–H groups in total. The highest BCUT2D eigenvalue weighted by Crippen LogP contribution is 2.12. The number of hydrogen-bond acceptors (Lipinski definition) is 2. The predicted octanol–water partition coefficient (Wildman–Crippen LogP) is 2.13. The molecular formula is C8H19ClN2S. The summed E-state index contributed by atoms with van der Waals surface area (Å²) >= 11 is 4.17. The Hall–Kier alpha value is 0.110. The van der Waals surface area contributed by atoms with Crippen molar-refractivity contribution in [3.63, 3.8) is 0 Å². The lowest BCUT2D eigenvalue weighted by molar-refractivity contribution is 0.429. The van der Waals surface area contributed by atoms with Crippen LogP contribution in [0.3, 0.4) is 0 Å². The van der Waals surface area contributed by atoms with E-state index in [2.05, 4.69) is 38.4 Å². The highest BCUT2D eigenvalue weighted by molar-refractivity contribution is 7.81. The second-order valence-corrected chi connectivity index (χ2v) is 4.75. The third-order valence-corrected chi connectivity index (χ3v) is 1.43. The van der Waals surface area contributed by atoms with Gasteiger partial charge in [0.05, 0.1) is 5.25 Å². The molecule has 74 valence electrons. The predicted molar refractivity (Wildman–Crippen MR) is 61.6 cm³/mol. The third-order valence-electron chi connectivity index (χ3n) is 1.16. The van der Waals surface area contributed by atoms with Gasteiger partial charge in [0, 0.05) is 6.54 Å². The molecule has 0 radical (unpaired) electrons. The number of amidine groups is 1. The Labute approximate surface area is 86.8 Å². The highest BCUT2D eigenvalue weighted by atomic mass is 35.5. The zero-order chi connectivity index (χ0) is 9.07. The van der Waals surface area contributed by atoms with Crippen molar-refractivity contribution in [1.82, 2.24) is 0 Å². The smallest absolute Gasteiger partial charge is 0.106 e. The van der Waals surface area contributed by atoms with Crippen molar-refractivity contribution in [2.75, 3.05) is 6.54 Å². The van der Waals surface area contributed by atoms with Gasteiger partial charge < -0.3 is 5.73 Å². The van der Waals surface area contributed by atoms with Crippen LogP contribution in [0.2, 0.25) is 0 Å². The van der Waals surface area contributed by atoms with Gasteiger partial charge in [-0.05, 0) is 12.3 Å². The Morgan fingerprint density at radius 2 is 1.92 bits per heavy atom. The Kier molecular flexibility index (Phi) is 6.95. The number of thiol groups is 1. The van der Waals surface area contributed by atoms with Gasteiger partial charge in [0.1, 0.15) is 5.84 Å². The Bertz CT molecular complexity index is 150. The minimum absolute atomic E-state index is 0. The summed E-state index contributed by atoms with van der Waals surface area (Å²) in [7, 11) is 0. The molecule has 0 spiro atoms. The van der Waals surface area contributed by atoms with E-state index in [-0.39, 0.29) is 23.1 Å². The number of nitrogens with zero attached hydrogens (tertiary/aromatic N) is 1. The van der Waals surface area contributed by atoms with Crippen molar-refractivity contribution < 1.29 is 0 Å². The van der Waals surface area contributed by atoms with Crippen molar-refractivity contribution in [3.8, 4) is 0 Å². The van der Waals surface area contributed by atoms with Crippen LogP contribution in [-0.4, -0.2) is 17.6 Å². The molecule has 0 aliphatic heterocycles. The fourth-order valence-electron chi connectivity index (χ4n) is 0.461. The molecule has 0 aliphatic rings. The van der Waals surface area contributed by atoms with Crippen LogP contribution in [0.25, 0.3) is 0 Å². The molecule has 2 nitrogen and oxygen atoms in total. The van der Waals surface area contributed by atoms with Crippen LogP contribution in [0.1, 0.15) is 27.7 Å². The largest absolute Gasteiger partial charge is 0.387 e. The molecule has 0 aromatic heterocycles. The summed E-state index contributed by atoms with van der Waals surface area (Å²) in [6.45, 7) is 9.08. The molecule has 1 unspecified atom stereocenters. The molecule has 4 heteroatoms. The first-order valence-corrected chi connectivity index (χ1v) is 4.32. The number of rotatable bonds is 2. The first-order chi connectivity index (χ1) is 4.83. The van der Waals surface area contributed by atoms with Gasteiger partial charge in [-0.15, -0.1) is 12.4 Å². The van der Waals surface area contributed by atoms with E-state index >= 15 is 0 Å². The maximum absolute atomic E-state index is 5.60. The van der Waals surface area contributed by atoms with Gasteiger partial charge in [-0.1, -0.05) is 20.8 Å². The van der Waals surface area contributed by atoms with Gasteiger partial charge in [-0.3, -0.25) is 4.99 Å². The second-order valence-electron chi connectivity index (χ2n) is 3.98. The van der Waals surface area contributed by atoms with Gasteiger partial charge in [-0.2, -0.15) is 12.6 Å². The molecule has 0 aromatic rings. The average molecular weight is 211 g/mol. The summed E-state index contributed by atoms with van der Waals surface area (Å²) < 4.78 is 0. The zero-order valence-corrected chi connectivity index (χ0v) is 9.88. The Morgan fingerprint density at radius 3 is 2.17 bits per heavy atom. The van der Waals surface area contributed by atoms with Crippen LogP contribution in [0.15, 0.2) is 4.99 Å². The number of halogens is 1. The fraction of sp³-hybridized carbons (Fsp3) is 0.875. The van der Waals surface area contributed by atoms with Crippen molar-refractivity contribution in [1.29, 1.82) is 0 Å². The number of hydrogen-bond donors (Lipinski definition) is 2. The summed E-state index contributed by atoms with van der Waals surface area (Å²) in [4.78, 5) is 4.21. The third kappa shape index (κ3) is 8.21. The van der Waals surface area contributed by atoms with E-state index in [1.165, 1.54) is 0 Å². The molecule has 1 atom stereocenters. The van der Waals surface area contributed by atoms with Crippen molar-refractivity contribution in [3.05, 3.63) is 0 Å². The summed E-state index contributed by atoms with van der Waals surface area (Å²) in [5.74, 6) is 0.628. The molecule has 0 rings (SSSR count). The van der Waals surface area contributed by atoms with Crippen molar-refractivity contribution >= 4 is 30.9 Å².